The highest BCUT2D eigenvalue weighted by Gasteiger charge is 2.11. The number of para-hydroxylation sites is 1. The van der Waals surface area contributed by atoms with Crippen molar-refractivity contribution in [1.82, 2.24) is 0 Å². The molecule has 0 fully saturated rings. The lowest BCUT2D eigenvalue weighted by Crippen LogP contribution is -2.19. The van der Waals surface area contributed by atoms with Crippen molar-refractivity contribution in [3.05, 3.63) is 88.4 Å². The van der Waals surface area contributed by atoms with Crippen LogP contribution in [0.25, 0.3) is 0 Å². The molecule has 0 atom stereocenters. The third-order valence-corrected chi connectivity index (χ3v) is 4.57. The highest BCUT2D eigenvalue weighted by Crippen LogP contribution is 2.25. The highest BCUT2D eigenvalue weighted by molar-refractivity contribution is 6.36. The van der Waals surface area contributed by atoms with Crippen LogP contribution in [-0.4, -0.2) is 11.9 Å². The van der Waals surface area contributed by atoms with Gasteiger partial charge in [-0.3, -0.25) is 4.79 Å². The Kier molecular flexibility index (Phi) is 6.53. The smallest absolute Gasteiger partial charge is 0.323 e. The first-order valence-electron chi connectivity index (χ1n) is 8.47. The average molecular weight is 414 g/mol. The van der Waals surface area contributed by atoms with Crippen molar-refractivity contribution in [2.24, 2.45) is 0 Å². The molecule has 0 aliphatic heterocycles. The Morgan fingerprint density at radius 1 is 0.643 bits per heavy atom. The van der Waals surface area contributed by atoms with Crippen LogP contribution in [0.5, 0.6) is 0 Å². The molecule has 0 spiro atoms. The Morgan fingerprint density at radius 3 is 1.71 bits per heavy atom. The Hall–Kier alpha value is -3.02. The van der Waals surface area contributed by atoms with E-state index >= 15 is 0 Å². The summed E-state index contributed by atoms with van der Waals surface area (Å²) in [7, 11) is 0. The van der Waals surface area contributed by atoms with Gasteiger partial charge in [0, 0.05) is 27.1 Å². The fourth-order valence-corrected chi connectivity index (χ4v) is 3.05. The third-order valence-electron chi connectivity index (χ3n) is 3.86. The molecule has 3 rings (SSSR count). The highest BCUT2D eigenvalue weighted by atomic mass is 35.5. The zero-order valence-electron chi connectivity index (χ0n) is 14.7. The van der Waals surface area contributed by atoms with Crippen molar-refractivity contribution in [1.29, 1.82) is 0 Å². The van der Waals surface area contributed by atoms with E-state index in [0.29, 0.717) is 32.7 Å². The van der Waals surface area contributed by atoms with Gasteiger partial charge in [-0.1, -0.05) is 47.5 Å². The van der Waals surface area contributed by atoms with Crippen molar-refractivity contribution in [2.45, 2.75) is 6.42 Å². The maximum Gasteiger partial charge on any atom is 0.323 e. The standard InChI is InChI=1S/C21H17Cl2N3O2/c22-18-7-4-8-19(23)17(18)13-20(27)24-15-9-11-16(12-10-15)26-21(28)25-14-5-2-1-3-6-14/h1-12H,13H2,(H,24,27)(H2,25,26,28). The molecule has 0 radical (unpaired) electrons. The lowest BCUT2D eigenvalue weighted by Gasteiger charge is -2.10. The molecule has 0 saturated heterocycles. The molecule has 0 unspecified atom stereocenters. The van der Waals surface area contributed by atoms with E-state index in [0.717, 1.165) is 0 Å². The van der Waals surface area contributed by atoms with Crippen molar-refractivity contribution < 1.29 is 9.59 Å². The van der Waals surface area contributed by atoms with Crippen LogP contribution in [0, 0.1) is 0 Å². The average Bonchev–Trinajstić information content (AvgIpc) is 2.67. The van der Waals surface area contributed by atoms with Crippen molar-refractivity contribution in [3.63, 3.8) is 0 Å². The zero-order valence-corrected chi connectivity index (χ0v) is 16.2. The molecule has 0 aliphatic rings. The monoisotopic (exact) mass is 413 g/mol. The van der Waals surface area contributed by atoms with E-state index in [2.05, 4.69) is 16.0 Å². The van der Waals surface area contributed by atoms with Gasteiger partial charge in [0.2, 0.25) is 5.91 Å². The van der Waals surface area contributed by atoms with Gasteiger partial charge in [-0.15, -0.1) is 0 Å². The lowest BCUT2D eigenvalue weighted by atomic mass is 10.1. The predicted octanol–water partition coefficient (Wildman–Crippen LogP) is 5.82. The summed E-state index contributed by atoms with van der Waals surface area (Å²) in [5.41, 5.74) is 2.48. The minimum Gasteiger partial charge on any atom is -0.326 e. The molecular weight excluding hydrogens is 397 g/mol. The Morgan fingerprint density at radius 2 is 1.14 bits per heavy atom. The summed E-state index contributed by atoms with van der Waals surface area (Å²) in [6.07, 6.45) is 0.0675. The van der Waals surface area contributed by atoms with Gasteiger partial charge in [-0.25, -0.2) is 4.79 Å². The second-order valence-corrected chi connectivity index (χ2v) is 6.76. The van der Waals surface area contributed by atoms with Crippen LogP contribution in [0.3, 0.4) is 0 Å². The number of amides is 3. The molecular formula is C21H17Cl2N3O2. The van der Waals surface area contributed by atoms with E-state index in [9.17, 15) is 9.59 Å². The van der Waals surface area contributed by atoms with Gasteiger partial charge in [0.1, 0.15) is 0 Å². The summed E-state index contributed by atoms with van der Waals surface area (Å²) >= 11 is 12.2. The normalized spacial score (nSPS) is 10.2. The number of benzene rings is 3. The molecule has 0 saturated carbocycles. The topological polar surface area (TPSA) is 70.2 Å². The second kappa shape index (κ2) is 9.26. The number of hydrogen-bond donors (Lipinski definition) is 3. The van der Waals surface area contributed by atoms with E-state index < -0.39 is 0 Å². The number of nitrogens with one attached hydrogen (secondary N) is 3. The molecule has 28 heavy (non-hydrogen) atoms. The largest absolute Gasteiger partial charge is 0.326 e. The second-order valence-electron chi connectivity index (χ2n) is 5.95. The quantitative estimate of drug-likeness (QED) is 0.493. The van der Waals surface area contributed by atoms with Crippen LogP contribution in [0.1, 0.15) is 5.56 Å². The molecule has 0 bridgehead atoms. The number of halogens is 2. The summed E-state index contributed by atoms with van der Waals surface area (Å²) in [4.78, 5) is 24.2. The molecule has 0 heterocycles. The Balaban J connectivity index is 1.55. The molecule has 3 aromatic rings. The van der Waals surface area contributed by atoms with Crippen LogP contribution in [0.15, 0.2) is 72.8 Å². The van der Waals surface area contributed by atoms with E-state index in [-0.39, 0.29) is 18.4 Å². The predicted molar refractivity (Wildman–Crippen MR) is 114 cm³/mol. The van der Waals surface area contributed by atoms with Crippen molar-refractivity contribution in [2.75, 3.05) is 16.0 Å². The van der Waals surface area contributed by atoms with Gasteiger partial charge in [0.25, 0.3) is 0 Å². The Labute approximate surface area is 172 Å². The summed E-state index contributed by atoms with van der Waals surface area (Å²) in [6.45, 7) is 0. The maximum absolute atomic E-state index is 12.2. The zero-order chi connectivity index (χ0) is 19.9. The summed E-state index contributed by atoms with van der Waals surface area (Å²) in [5, 5.41) is 9.14. The van der Waals surface area contributed by atoms with Gasteiger partial charge in [-0.2, -0.15) is 0 Å². The molecule has 0 aromatic heterocycles. The van der Waals surface area contributed by atoms with E-state index in [4.69, 9.17) is 23.2 Å². The third kappa shape index (κ3) is 5.49. The number of rotatable bonds is 5. The number of anilines is 3. The molecule has 3 aromatic carbocycles. The number of carbonyl (C=O) groups is 2. The van der Waals surface area contributed by atoms with E-state index in [1.54, 1.807) is 54.6 Å². The molecule has 0 aliphatic carbocycles. The first-order valence-corrected chi connectivity index (χ1v) is 9.23. The van der Waals surface area contributed by atoms with Crippen LogP contribution < -0.4 is 16.0 Å². The van der Waals surface area contributed by atoms with Crippen molar-refractivity contribution >= 4 is 52.2 Å². The number of hydrogen-bond acceptors (Lipinski definition) is 2. The fraction of sp³-hybridized carbons (Fsp3) is 0.0476. The summed E-state index contributed by atoms with van der Waals surface area (Å²) < 4.78 is 0. The summed E-state index contributed by atoms with van der Waals surface area (Å²) in [6, 6.07) is 20.7. The Bertz CT molecular complexity index is 956. The molecule has 3 N–H and O–H groups in total. The minimum atomic E-state index is -0.351. The number of carbonyl (C=O) groups excluding carboxylic acids is 2. The van der Waals surface area contributed by atoms with Gasteiger partial charge in [0.05, 0.1) is 6.42 Å². The molecule has 3 amide bonds. The fourth-order valence-electron chi connectivity index (χ4n) is 2.52. The van der Waals surface area contributed by atoms with Crippen LogP contribution in [0.2, 0.25) is 10.0 Å². The van der Waals surface area contributed by atoms with E-state index in [1.807, 2.05) is 18.2 Å². The van der Waals surface area contributed by atoms with Gasteiger partial charge < -0.3 is 16.0 Å². The van der Waals surface area contributed by atoms with Crippen LogP contribution in [-0.2, 0) is 11.2 Å². The number of urea groups is 1. The minimum absolute atomic E-state index is 0.0675. The SMILES string of the molecule is O=C(Cc1c(Cl)cccc1Cl)Nc1ccc(NC(=O)Nc2ccccc2)cc1. The van der Waals surface area contributed by atoms with Gasteiger partial charge >= 0.3 is 6.03 Å². The van der Waals surface area contributed by atoms with Crippen molar-refractivity contribution in [3.8, 4) is 0 Å². The van der Waals surface area contributed by atoms with Crippen LogP contribution >= 0.6 is 23.2 Å². The first-order chi connectivity index (χ1) is 13.5. The maximum atomic E-state index is 12.2. The molecule has 7 heteroatoms. The molecule has 5 nitrogen and oxygen atoms in total. The van der Waals surface area contributed by atoms with Gasteiger partial charge in [-0.05, 0) is 54.1 Å². The van der Waals surface area contributed by atoms with E-state index in [1.165, 1.54) is 0 Å². The van der Waals surface area contributed by atoms with Crippen LogP contribution in [0.4, 0.5) is 21.9 Å². The molecule has 142 valence electrons. The summed E-state index contributed by atoms with van der Waals surface area (Å²) in [5.74, 6) is -0.238. The van der Waals surface area contributed by atoms with Gasteiger partial charge in [0.15, 0.2) is 0 Å². The lowest BCUT2D eigenvalue weighted by molar-refractivity contribution is -0.115. The first kappa shape index (κ1) is 19.7.